The van der Waals surface area contributed by atoms with Crippen molar-refractivity contribution < 1.29 is 19.1 Å². The molecule has 20 heavy (non-hydrogen) atoms. The molecule has 0 spiro atoms. The van der Waals surface area contributed by atoms with Crippen LogP contribution in [-0.2, 0) is 19.1 Å². The van der Waals surface area contributed by atoms with E-state index in [1.807, 2.05) is 0 Å². The molecule has 1 aromatic rings. The molecule has 1 N–H and O–H groups in total. The summed E-state index contributed by atoms with van der Waals surface area (Å²) in [5.74, 6) is -1.39. The lowest BCUT2D eigenvalue weighted by atomic mass is 10.2. The van der Waals surface area contributed by atoms with E-state index in [0.717, 1.165) is 6.08 Å². The summed E-state index contributed by atoms with van der Waals surface area (Å²) in [5, 5.41) is 3.53. The average molecular weight is 318 g/mol. The van der Waals surface area contributed by atoms with Gasteiger partial charge < -0.3 is 14.8 Å². The van der Waals surface area contributed by atoms with Crippen molar-refractivity contribution in [1.82, 2.24) is 0 Å². The zero-order valence-corrected chi connectivity index (χ0v) is 12.6. The third-order valence-electron chi connectivity index (χ3n) is 2.48. The number of hydrogen-bond acceptors (Lipinski definition) is 5. The van der Waals surface area contributed by atoms with E-state index in [1.54, 1.807) is 19.1 Å². The van der Waals surface area contributed by atoms with Gasteiger partial charge in [0.15, 0.2) is 0 Å². The second-order valence-corrected chi connectivity index (χ2v) is 4.52. The minimum absolute atomic E-state index is 0.0687. The number of hydrogen-bond donors (Lipinski definition) is 1. The Morgan fingerprint density at radius 1 is 1.20 bits per heavy atom. The predicted octanol–water partition coefficient (Wildman–Crippen LogP) is 2.94. The molecule has 0 unspecified atom stereocenters. The second-order valence-electron chi connectivity index (χ2n) is 3.73. The predicted molar refractivity (Wildman–Crippen MR) is 76.9 cm³/mol. The Labute approximate surface area is 126 Å². The van der Waals surface area contributed by atoms with Gasteiger partial charge in [-0.15, -0.1) is 0 Å². The molecule has 0 saturated carbocycles. The minimum Gasteiger partial charge on any atom is -0.466 e. The Morgan fingerprint density at radius 3 is 2.40 bits per heavy atom. The summed E-state index contributed by atoms with van der Waals surface area (Å²) in [6.45, 7) is 1.73. The van der Waals surface area contributed by atoms with Crippen LogP contribution in [0.3, 0.4) is 0 Å². The van der Waals surface area contributed by atoms with Crippen LogP contribution in [0.4, 0.5) is 5.69 Å². The highest BCUT2D eigenvalue weighted by Gasteiger charge is 2.15. The van der Waals surface area contributed by atoms with Gasteiger partial charge in [-0.1, -0.05) is 23.2 Å². The molecule has 0 aliphatic rings. The monoisotopic (exact) mass is 317 g/mol. The average Bonchev–Trinajstić information content (AvgIpc) is 2.45. The largest absolute Gasteiger partial charge is 0.466 e. The number of rotatable bonds is 4. The third kappa shape index (κ3) is 3.88. The smallest absolute Gasteiger partial charge is 0.354 e. The Bertz CT molecular complexity index is 570. The minimum atomic E-state index is -0.708. The normalized spacial score (nSPS) is 10.9. The molecular formula is C13H13Cl2NO4. The van der Waals surface area contributed by atoms with Crippen LogP contribution in [0.15, 0.2) is 23.9 Å². The molecule has 1 rings (SSSR count). The van der Waals surface area contributed by atoms with Crippen LogP contribution in [0.1, 0.15) is 5.56 Å². The number of nitrogens with one attached hydrogen (secondary N) is 1. The van der Waals surface area contributed by atoms with Crippen LogP contribution in [0.5, 0.6) is 0 Å². The zero-order chi connectivity index (χ0) is 15.3. The fourth-order valence-electron chi connectivity index (χ4n) is 1.37. The Balaban J connectivity index is 3.14. The van der Waals surface area contributed by atoms with E-state index in [1.165, 1.54) is 14.2 Å². The summed E-state index contributed by atoms with van der Waals surface area (Å²) in [7, 11) is 2.41. The first-order valence-electron chi connectivity index (χ1n) is 5.50. The summed E-state index contributed by atoms with van der Waals surface area (Å²) in [5.41, 5.74) is 1.10. The van der Waals surface area contributed by atoms with Crippen molar-refractivity contribution in [3.05, 3.63) is 39.5 Å². The molecule has 108 valence electrons. The van der Waals surface area contributed by atoms with E-state index >= 15 is 0 Å². The van der Waals surface area contributed by atoms with Gasteiger partial charge in [0.25, 0.3) is 0 Å². The number of carbonyl (C=O) groups is 2. The van der Waals surface area contributed by atoms with Gasteiger partial charge in [0.05, 0.1) is 30.3 Å². The van der Waals surface area contributed by atoms with Crippen LogP contribution in [0.25, 0.3) is 0 Å². The van der Waals surface area contributed by atoms with E-state index in [-0.39, 0.29) is 5.70 Å². The molecule has 1 aromatic carbocycles. The molecule has 0 aromatic heterocycles. The van der Waals surface area contributed by atoms with E-state index in [0.29, 0.717) is 21.3 Å². The van der Waals surface area contributed by atoms with Crippen molar-refractivity contribution in [1.29, 1.82) is 0 Å². The maximum absolute atomic E-state index is 11.6. The van der Waals surface area contributed by atoms with E-state index in [4.69, 9.17) is 23.2 Å². The van der Waals surface area contributed by atoms with Gasteiger partial charge in [-0.25, -0.2) is 9.59 Å². The SMILES string of the molecule is COC(=O)/C=C(/Nc1ccc(Cl)c(Cl)c1C)C(=O)OC. The molecule has 0 amide bonds. The molecule has 0 saturated heterocycles. The first kappa shape index (κ1) is 16.3. The Morgan fingerprint density at radius 2 is 1.85 bits per heavy atom. The first-order valence-corrected chi connectivity index (χ1v) is 6.25. The highest BCUT2D eigenvalue weighted by molar-refractivity contribution is 6.42. The molecule has 0 bridgehead atoms. The fourth-order valence-corrected chi connectivity index (χ4v) is 1.73. The first-order chi connectivity index (χ1) is 9.40. The van der Waals surface area contributed by atoms with Crippen LogP contribution in [-0.4, -0.2) is 26.2 Å². The van der Waals surface area contributed by atoms with E-state index < -0.39 is 11.9 Å². The van der Waals surface area contributed by atoms with Crippen LogP contribution >= 0.6 is 23.2 Å². The number of halogens is 2. The number of benzene rings is 1. The van der Waals surface area contributed by atoms with E-state index in [9.17, 15) is 9.59 Å². The van der Waals surface area contributed by atoms with Crippen molar-refractivity contribution in [2.75, 3.05) is 19.5 Å². The molecule has 0 atom stereocenters. The molecule has 0 fully saturated rings. The number of anilines is 1. The van der Waals surface area contributed by atoms with Gasteiger partial charge >= 0.3 is 11.9 Å². The Kier molecular flexibility index (Phi) is 5.85. The van der Waals surface area contributed by atoms with Crippen LogP contribution in [0.2, 0.25) is 10.0 Å². The van der Waals surface area contributed by atoms with Crippen molar-refractivity contribution in [3.63, 3.8) is 0 Å². The van der Waals surface area contributed by atoms with Crippen molar-refractivity contribution in [3.8, 4) is 0 Å². The number of ether oxygens (including phenoxy) is 2. The molecule has 0 aliphatic carbocycles. The lowest BCUT2D eigenvalue weighted by molar-refractivity contribution is -0.138. The topological polar surface area (TPSA) is 64.6 Å². The molecular weight excluding hydrogens is 305 g/mol. The standard InChI is InChI=1S/C13H13Cl2NO4/c1-7-9(5-4-8(14)12(7)15)16-10(13(18)20-3)6-11(17)19-2/h4-6,16H,1-3H3/b10-6+. The fraction of sp³-hybridized carbons (Fsp3) is 0.231. The summed E-state index contributed by atoms with van der Waals surface area (Å²) in [6.07, 6.45) is 0.994. The van der Waals surface area contributed by atoms with Crippen LogP contribution in [0, 0.1) is 6.92 Å². The third-order valence-corrected chi connectivity index (χ3v) is 3.38. The highest BCUT2D eigenvalue weighted by atomic mass is 35.5. The maximum Gasteiger partial charge on any atom is 0.354 e. The highest BCUT2D eigenvalue weighted by Crippen LogP contribution is 2.31. The number of methoxy groups -OCH3 is 2. The quantitative estimate of drug-likeness (QED) is 0.683. The zero-order valence-electron chi connectivity index (χ0n) is 11.1. The lowest BCUT2D eigenvalue weighted by Crippen LogP contribution is -2.16. The maximum atomic E-state index is 11.6. The summed E-state index contributed by atoms with van der Waals surface area (Å²) in [4.78, 5) is 22.9. The van der Waals surface area contributed by atoms with Crippen LogP contribution < -0.4 is 5.32 Å². The van der Waals surface area contributed by atoms with E-state index in [2.05, 4.69) is 14.8 Å². The number of esters is 2. The molecule has 7 heteroatoms. The van der Waals surface area contributed by atoms with Crippen molar-refractivity contribution in [2.24, 2.45) is 0 Å². The summed E-state index contributed by atoms with van der Waals surface area (Å²) < 4.78 is 9.06. The summed E-state index contributed by atoms with van der Waals surface area (Å²) in [6, 6.07) is 3.21. The van der Waals surface area contributed by atoms with Gasteiger partial charge in [-0.2, -0.15) is 0 Å². The molecule has 0 aliphatic heterocycles. The van der Waals surface area contributed by atoms with Crippen molar-refractivity contribution >= 4 is 40.8 Å². The van der Waals surface area contributed by atoms with Crippen molar-refractivity contribution in [2.45, 2.75) is 6.92 Å². The summed E-state index contributed by atoms with van der Waals surface area (Å²) >= 11 is 11.9. The molecule has 0 heterocycles. The lowest BCUT2D eigenvalue weighted by Gasteiger charge is -2.13. The van der Waals surface area contributed by atoms with Gasteiger partial charge in [0.1, 0.15) is 5.70 Å². The van der Waals surface area contributed by atoms with Gasteiger partial charge in [0, 0.05) is 5.69 Å². The molecule has 0 radical (unpaired) electrons. The number of carbonyl (C=O) groups excluding carboxylic acids is 2. The van der Waals surface area contributed by atoms with Gasteiger partial charge in [-0.3, -0.25) is 0 Å². The molecule has 5 nitrogen and oxygen atoms in total. The van der Waals surface area contributed by atoms with Gasteiger partial charge in [0.2, 0.25) is 0 Å². The van der Waals surface area contributed by atoms with Gasteiger partial charge in [-0.05, 0) is 24.6 Å². The Hall–Kier alpha value is -1.72. The second kappa shape index (κ2) is 7.17.